The standard InChI is InChI=1S/C14H29N3O2S/c1-4-15(3)11-14-7-9-17(12-14)20(18,19)16-8-5-6-13(2)10-16/h13-14H,4-12H2,1-3H3/t13-,14-/m1/s1. The molecule has 2 atom stereocenters. The van der Waals surface area contributed by atoms with Crippen molar-refractivity contribution in [2.75, 3.05) is 46.3 Å². The van der Waals surface area contributed by atoms with Crippen molar-refractivity contribution in [3.05, 3.63) is 0 Å². The molecule has 6 heteroatoms. The first-order valence-electron chi connectivity index (χ1n) is 7.87. The van der Waals surface area contributed by atoms with Gasteiger partial charge in [0.25, 0.3) is 10.2 Å². The van der Waals surface area contributed by atoms with Gasteiger partial charge < -0.3 is 4.90 Å². The van der Waals surface area contributed by atoms with Gasteiger partial charge >= 0.3 is 0 Å². The van der Waals surface area contributed by atoms with E-state index in [1.165, 1.54) is 0 Å². The topological polar surface area (TPSA) is 43.9 Å². The Morgan fingerprint density at radius 2 is 1.85 bits per heavy atom. The van der Waals surface area contributed by atoms with E-state index in [9.17, 15) is 8.42 Å². The summed E-state index contributed by atoms with van der Waals surface area (Å²) in [6, 6.07) is 0. The van der Waals surface area contributed by atoms with E-state index in [1.54, 1.807) is 8.61 Å². The van der Waals surface area contributed by atoms with E-state index in [1.807, 2.05) is 0 Å². The summed E-state index contributed by atoms with van der Waals surface area (Å²) >= 11 is 0. The van der Waals surface area contributed by atoms with Crippen LogP contribution in [-0.2, 0) is 10.2 Å². The van der Waals surface area contributed by atoms with Gasteiger partial charge in [-0.2, -0.15) is 17.0 Å². The number of hydrogen-bond acceptors (Lipinski definition) is 3. The van der Waals surface area contributed by atoms with Crippen LogP contribution >= 0.6 is 0 Å². The third kappa shape index (κ3) is 3.72. The number of rotatable bonds is 5. The maximum absolute atomic E-state index is 12.7. The molecule has 0 N–H and O–H groups in total. The Balaban J connectivity index is 1.94. The molecule has 0 amide bonds. The van der Waals surface area contributed by atoms with E-state index in [-0.39, 0.29) is 0 Å². The zero-order chi connectivity index (χ0) is 14.8. The van der Waals surface area contributed by atoms with Crippen LogP contribution in [0.15, 0.2) is 0 Å². The summed E-state index contributed by atoms with van der Waals surface area (Å²) in [5.41, 5.74) is 0. The summed E-state index contributed by atoms with van der Waals surface area (Å²) in [6.45, 7) is 9.07. The summed E-state index contributed by atoms with van der Waals surface area (Å²) in [5.74, 6) is 0.972. The Labute approximate surface area is 124 Å². The Morgan fingerprint density at radius 1 is 1.15 bits per heavy atom. The van der Waals surface area contributed by atoms with Crippen LogP contribution in [-0.4, -0.2) is 68.2 Å². The Morgan fingerprint density at radius 3 is 2.50 bits per heavy atom. The fraction of sp³-hybridized carbons (Fsp3) is 1.00. The molecule has 0 unspecified atom stereocenters. The molecule has 0 saturated carbocycles. The van der Waals surface area contributed by atoms with Crippen molar-refractivity contribution in [1.82, 2.24) is 13.5 Å². The maximum Gasteiger partial charge on any atom is 0.281 e. The second-order valence-electron chi connectivity index (χ2n) is 6.48. The molecule has 0 aliphatic carbocycles. The monoisotopic (exact) mass is 303 g/mol. The van der Waals surface area contributed by atoms with E-state index in [0.717, 1.165) is 32.4 Å². The van der Waals surface area contributed by atoms with Crippen LogP contribution in [0.2, 0.25) is 0 Å². The smallest absolute Gasteiger partial charge is 0.281 e. The molecule has 2 fully saturated rings. The van der Waals surface area contributed by atoms with Gasteiger partial charge in [0.2, 0.25) is 0 Å². The highest BCUT2D eigenvalue weighted by Gasteiger charge is 2.37. The van der Waals surface area contributed by atoms with Crippen LogP contribution in [0.4, 0.5) is 0 Å². The summed E-state index contributed by atoms with van der Waals surface area (Å²) < 4.78 is 28.8. The van der Waals surface area contributed by atoms with Gasteiger partial charge in [-0.1, -0.05) is 13.8 Å². The molecule has 118 valence electrons. The fourth-order valence-corrected chi connectivity index (χ4v) is 5.11. The van der Waals surface area contributed by atoms with E-state index >= 15 is 0 Å². The summed E-state index contributed by atoms with van der Waals surface area (Å²) in [4.78, 5) is 2.27. The largest absolute Gasteiger partial charge is 0.306 e. The normalized spacial score (nSPS) is 30.2. The van der Waals surface area contributed by atoms with Gasteiger partial charge in [-0.3, -0.25) is 0 Å². The molecule has 0 aromatic rings. The predicted octanol–water partition coefficient (Wildman–Crippen LogP) is 1.24. The first kappa shape index (κ1) is 16.2. The second kappa shape index (κ2) is 6.73. The highest BCUT2D eigenvalue weighted by Crippen LogP contribution is 2.25. The average Bonchev–Trinajstić information content (AvgIpc) is 2.87. The van der Waals surface area contributed by atoms with Crippen LogP contribution in [0.3, 0.4) is 0 Å². The van der Waals surface area contributed by atoms with Gasteiger partial charge in [0.15, 0.2) is 0 Å². The number of piperidine rings is 1. The van der Waals surface area contributed by atoms with E-state index in [0.29, 0.717) is 38.0 Å². The van der Waals surface area contributed by atoms with E-state index in [2.05, 4.69) is 25.8 Å². The van der Waals surface area contributed by atoms with Crippen LogP contribution in [0.1, 0.15) is 33.1 Å². The fourth-order valence-electron chi connectivity index (χ4n) is 3.24. The van der Waals surface area contributed by atoms with Crippen LogP contribution < -0.4 is 0 Å². The minimum atomic E-state index is -3.22. The van der Waals surface area contributed by atoms with Gasteiger partial charge in [-0.15, -0.1) is 0 Å². The SMILES string of the molecule is CCN(C)C[C@H]1CCN(S(=O)(=O)N2CCC[C@@H](C)C2)C1. The molecule has 0 spiro atoms. The van der Waals surface area contributed by atoms with Crippen LogP contribution in [0.25, 0.3) is 0 Å². The maximum atomic E-state index is 12.7. The zero-order valence-electron chi connectivity index (χ0n) is 13.1. The van der Waals surface area contributed by atoms with E-state index < -0.39 is 10.2 Å². The highest BCUT2D eigenvalue weighted by atomic mass is 32.2. The molecular weight excluding hydrogens is 274 g/mol. The molecule has 2 aliphatic heterocycles. The first-order valence-corrected chi connectivity index (χ1v) is 9.27. The van der Waals surface area contributed by atoms with Gasteiger partial charge in [0.05, 0.1) is 0 Å². The molecule has 0 aromatic heterocycles. The Bertz CT molecular complexity index is 413. The zero-order valence-corrected chi connectivity index (χ0v) is 13.9. The van der Waals surface area contributed by atoms with Crippen molar-refractivity contribution in [3.8, 4) is 0 Å². The van der Waals surface area contributed by atoms with Crippen molar-refractivity contribution in [2.45, 2.75) is 33.1 Å². The lowest BCUT2D eigenvalue weighted by Crippen LogP contribution is -2.47. The average molecular weight is 303 g/mol. The van der Waals surface area contributed by atoms with Gasteiger partial charge in [-0.25, -0.2) is 0 Å². The van der Waals surface area contributed by atoms with E-state index in [4.69, 9.17) is 0 Å². The molecule has 0 aromatic carbocycles. The van der Waals surface area contributed by atoms with Crippen molar-refractivity contribution in [1.29, 1.82) is 0 Å². The summed E-state index contributed by atoms with van der Waals surface area (Å²) in [6.07, 6.45) is 3.14. The minimum Gasteiger partial charge on any atom is -0.306 e. The van der Waals surface area contributed by atoms with Gasteiger partial charge in [0.1, 0.15) is 0 Å². The molecule has 0 radical (unpaired) electrons. The number of nitrogens with zero attached hydrogens (tertiary/aromatic N) is 3. The quantitative estimate of drug-likeness (QED) is 0.767. The molecule has 20 heavy (non-hydrogen) atoms. The van der Waals surface area contributed by atoms with Crippen LogP contribution in [0.5, 0.6) is 0 Å². The molecule has 5 nitrogen and oxygen atoms in total. The molecule has 0 bridgehead atoms. The lowest BCUT2D eigenvalue weighted by molar-refractivity contribution is 0.258. The molecular formula is C14H29N3O2S. The van der Waals surface area contributed by atoms with Crippen molar-refractivity contribution >= 4 is 10.2 Å². The lowest BCUT2D eigenvalue weighted by Gasteiger charge is -2.33. The predicted molar refractivity (Wildman–Crippen MR) is 81.7 cm³/mol. The molecule has 2 rings (SSSR count). The Kier molecular flexibility index (Phi) is 5.45. The van der Waals surface area contributed by atoms with Crippen molar-refractivity contribution in [3.63, 3.8) is 0 Å². The summed E-state index contributed by atoms with van der Waals surface area (Å²) in [7, 11) is -1.12. The highest BCUT2D eigenvalue weighted by molar-refractivity contribution is 7.86. The van der Waals surface area contributed by atoms with Gasteiger partial charge in [0, 0.05) is 32.7 Å². The van der Waals surface area contributed by atoms with Crippen molar-refractivity contribution in [2.24, 2.45) is 11.8 Å². The first-order chi connectivity index (χ1) is 9.43. The minimum absolute atomic E-state index is 0.483. The molecule has 2 aliphatic rings. The molecule has 2 heterocycles. The van der Waals surface area contributed by atoms with Gasteiger partial charge in [-0.05, 0) is 44.7 Å². The number of hydrogen-bond donors (Lipinski definition) is 0. The summed E-state index contributed by atoms with van der Waals surface area (Å²) in [5, 5.41) is 0. The third-order valence-corrected chi connectivity index (χ3v) is 6.60. The Hall–Kier alpha value is -0.170. The van der Waals surface area contributed by atoms with Crippen LogP contribution in [0, 0.1) is 11.8 Å². The lowest BCUT2D eigenvalue weighted by atomic mass is 10.0. The van der Waals surface area contributed by atoms with Crippen molar-refractivity contribution < 1.29 is 8.42 Å². The third-order valence-electron chi connectivity index (χ3n) is 4.63. The molecule has 2 saturated heterocycles. The second-order valence-corrected chi connectivity index (χ2v) is 8.41.